The standard InChI is InChI=1S/C10H9N.C10H15N/c1-8-10-5-3-2-4-9(10)6-7-11-8;1-9-4-6-10(7-5-9)8-11(2)3/h2-7H,1H3;4-7H,8H2,1-3H3. The van der Waals surface area contributed by atoms with Gasteiger partial charge < -0.3 is 4.90 Å². The zero-order valence-corrected chi connectivity index (χ0v) is 13.9. The topological polar surface area (TPSA) is 16.1 Å². The molecule has 0 aliphatic rings. The molecule has 114 valence electrons. The van der Waals surface area contributed by atoms with Crippen LogP contribution in [-0.2, 0) is 6.54 Å². The summed E-state index contributed by atoms with van der Waals surface area (Å²) < 4.78 is 0. The first-order chi connectivity index (χ1) is 10.6. The van der Waals surface area contributed by atoms with Gasteiger partial charge in [-0.2, -0.15) is 0 Å². The molecule has 3 rings (SSSR count). The van der Waals surface area contributed by atoms with Gasteiger partial charge in [0, 0.05) is 23.8 Å². The fourth-order valence-electron chi connectivity index (χ4n) is 2.33. The van der Waals surface area contributed by atoms with Crippen molar-refractivity contribution in [2.24, 2.45) is 0 Å². The van der Waals surface area contributed by atoms with Gasteiger partial charge in [0.1, 0.15) is 0 Å². The molecular formula is C20H24N2. The lowest BCUT2D eigenvalue weighted by Gasteiger charge is -2.08. The lowest BCUT2D eigenvalue weighted by Crippen LogP contribution is -2.10. The molecule has 1 aromatic heterocycles. The van der Waals surface area contributed by atoms with E-state index in [9.17, 15) is 0 Å². The average molecular weight is 292 g/mol. The normalized spacial score (nSPS) is 10.4. The molecule has 0 atom stereocenters. The monoisotopic (exact) mass is 292 g/mol. The summed E-state index contributed by atoms with van der Waals surface area (Å²) in [7, 11) is 4.17. The van der Waals surface area contributed by atoms with Gasteiger partial charge in [0.15, 0.2) is 0 Å². The van der Waals surface area contributed by atoms with Crippen molar-refractivity contribution in [1.29, 1.82) is 0 Å². The highest BCUT2D eigenvalue weighted by atomic mass is 15.0. The van der Waals surface area contributed by atoms with Crippen LogP contribution in [0.3, 0.4) is 0 Å². The third-order valence-electron chi connectivity index (χ3n) is 3.49. The van der Waals surface area contributed by atoms with Crippen LogP contribution >= 0.6 is 0 Å². The van der Waals surface area contributed by atoms with Crippen LogP contribution in [0.15, 0.2) is 60.8 Å². The van der Waals surface area contributed by atoms with Crippen molar-refractivity contribution in [3.63, 3.8) is 0 Å². The Kier molecular flexibility index (Phi) is 5.68. The molecule has 2 heteroatoms. The van der Waals surface area contributed by atoms with E-state index in [0.717, 1.165) is 12.2 Å². The first kappa shape index (κ1) is 16.2. The zero-order valence-electron chi connectivity index (χ0n) is 13.9. The van der Waals surface area contributed by atoms with Crippen molar-refractivity contribution in [2.75, 3.05) is 14.1 Å². The zero-order chi connectivity index (χ0) is 15.9. The minimum atomic E-state index is 1.03. The van der Waals surface area contributed by atoms with Crippen LogP contribution in [-0.4, -0.2) is 24.0 Å². The Hall–Kier alpha value is -2.19. The van der Waals surface area contributed by atoms with Crippen LogP contribution in [0.1, 0.15) is 16.8 Å². The second kappa shape index (κ2) is 7.71. The van der Waals surface area contributed by atoms with E-state index < -0.39 is 0 Å². The summed E-state index contributed by atoms with van der Waals surface area (Å²) in [5.41, 5.74) is 3.80. The fourth-order valence-corrected chi connectivity index (χ4v) is 2.33. The Morgan fingerprint density at radius 1 is 0.864 bits per heavy atom. The molecule has 0 fully saturated rings. The first-order valence-corrected chi connectivity index (χ1v) is 7.57. The summed E-state index contributed by atoms with van der Waals surface area (Å²) in [6.45, 7) is 5.17. The Morgan fingerprint density at radius 2 is 1.55 bits per heavy atom. The Labute approximate surface area is 133 Å². The van der Waals surface area contributed by atoms with Crippen LogP contribution in [0.2, 0.25) is 0 Å². The number of fused-ring (bicyclic) bond motifs is 1. The van der Waals surface area contributed by atoms with E-state index in [-0.39, 0.29) is 0 Å². The summed E-state index contributed by atoms with van der Waals surface area (Å²) in [4.78, 5) is 6.38. The number of pyridine rings is 1. The summed E-state index contributed by atoms with van der Waals surface area (Å²) in [6, 6.07) is 19.0. The maximum atomic E-state index is 4.21. The number of aryl methyl sites for hydroxylation is 2. The number of hydrogen-bond donors (Lipinski definition) is 0. The predicted octanol–water partition coefficient (Wildman–Crippen LogP) is 4.60. The van der Waals surface area contributed by atoms with Crippen molar-refractivity contribution < 1.29 is 0 Å². The number of rotatable bonds is 2. The van der Waals surface area contributed by atoms with E-state index in [0.29, 0.717) is 0 Å². The van der Waals surface area contributed by atoms with E-state index in [1.807, 2.05) is 31.3 Å². The second-order valence-electron chi connectivity index (χ2n) is 5.84. The molecule has 1 heterocycles. The third kappa shape index (κ3) is 4.68. The predicted molar refractivity (Wildman–Crippen MR) is 95.1 cm³/mol. The highest BCUT2D eigenvalue weighted by molar-refractivity contribution is 5.83. The van der Waals surface area contributed by atoms with E-state index in [4.69, 9.17) is 0 Å². The highest BCUT2D eigenvalue weighted by Crippen LogP contribution is 2.14. The average Bonchev–Trinajstić information content (AvgIpc) is 2.50. The molecule has 0 amide bonds. The quantitative estimate of drug-likeness (QED) is 0.686. The molecule has 0 bridgehead atoms. The van der Waals surface area contributed by atoms with Gasteiger partial charge in [0.2, 0.25) is 0 Å². The molecular weight excluding hydrogens is 268 g/mol. The Bertz CT molecular complexity index is 710. The molecule has 0 N–H and O–H groups in total. The molecule has 2 aromatic carbocycles. The molecule has 0 aliphatic carbocycles. The van der Waals surface area contributed by atoms with Crippen molar-refractivity contribution in [3.05, 3.63) is 77.6 Å². The van der Waals surface area contributed by atoms with Crippen LogP contribution in [0.25, 0.3) is 10.8 Å². The molecule has 0 aliphatic heterocycles. The van der Waals surface area contributed by atoms with E-state index >= 15 is 0 Å². The molecule has 0 spiro atoms. The van der Waals surface area contributed by atoms with Gasteiger partial charge in [-0.3, -0.25) is 4.98 Å². The largest absolute Gasteiger partial charge is 0.305 e. The first-order valence-electron chi connectivity index (χ1n) is 7.57. The van der Waals surface area contributed by atoms with Gasteiger partial charge in [-0.25, -0.2) is 0 Å². The van der Waals surface area contributed by atoms with E-state index in [1.165, 1.54) is 21.9 Å². The summed E-state index contributed by atoms with van der Waals surface area (Å²) in [5, 5.41) is 2.51. The lowest BCUT2D eigenvalue weighted by molar-refractivity contribution is 0.402. The van der Waals surface area contributed by atoms with Gasteiger partial charge in [-0.1, -0.05) is 54.1 Å². The van der Waals surface area contributed by atoms with E-state index in [2.05, 4.69) is 67.3 Å². The van der Waals surface area contributed by atoms with Crippen molar-refractivity contribution in [2.45, 2.75) is 20.4 Å². The molecule has 2 nitrogen and oxygen atoms in total. The van der Waals surface area contributed by atoms with Gasteiger partial charge in [-0.15, -0.1) is 0 Å². The Balaban J connectivity index is 0.000000160. The SMILES string of the molecule is Cc1ccc(CN(C)C)cc1.Cc1nccc2ccccc12. The summed E-state index contributed by atoms with van der Waals surface area (Å²) in [5.74, 6) is 0. The van der Waals surface area contributed by atoms with Crippen LogP contribution < -0.4 is 0 Å². The number of nitrogens with zero attached hydrogens (tertiary/aromatic N) is 2. The maximum absolute atomic E-state index is 4.21. The van der Waals surface area contributed by atoms with Gasteiger partial charge in [0.05, 0.1) is 0 Å². The minimum Gasteiger partial charge on any atom is -0.305 e. The fraction of sp³-hybridized carbons (Fsp3) is 0.250. The number of benzene rings is 2. The summed E-state index contributed by atoms with van der Waals surface area (Å²) in [6.07, 6.45) is 1.84. The smallest absolute Gasteiger partial charge is 0.0450 e. The minimum absolute atomic E-state index is 1.03. The van der Waals surface area contributed by atoms with Crippen LogP contribution in [0.4, 0.5) is 0 Å². The molecule has 0 radical (unpaired) electrons. The molecule has 22 heavy (non-hydrogen) atoms. The second-order valence-corrected chi connectivity index (χ2v) is 5.84. The molecule has 0 saturated carbocycles. The van der Waals surface area contributed by atoms with Crippen LogP contribution in [0.5, 0.6) is 0 Å². The number of aromatic nitrogens is 1. The third-order valence-corrected chi connectivity index (χ3v) is 3.49. The van der Waals surface area contributed by atoms with Crippen molar-refractivity contribution >= 4 is 10.8 Å². The highest BCUT2D eigenvalue weighted by Gasteiger charge is 1.94. The van der Waals surface area contributed by atoms with Gasteiger partial charge in [0.25, 0.3) is 0 Å². The van der Waals surface area contributed by atoms with Crippen LogP contribution in [0, 0.1) is 13.8 Å². The van der Waals surface area contributed by atoms with Gasteiger partial charge >= 0.3 is 0 Å². The Morgan fingerprint density at radius 3 is 2.18 bits per heavy atom. The lowest BCUT2D eigenvalue weighted by atomic mass is 10.1. The van der Waals surface area contributed by atoms with Crippen molar-refractivity contribution in [3.8, 4) is 0 Å². The van der Waals surface area contributed by atoms with Gasteiger partial charge in [-0.05, 0) is 45.0 Å². The molecule has 3 aromatic rings. The maximum Gasteiger partial charge on any atom is 0.0450 e. The van der Waals surface area contributed by atoms with E-state index in [1.54, 1.807) is 0 Å². The molecule has 0 unspecified atom stereocenters. The van der Waals surface area contributed by atoms with Crippen molar-refractivity contribution in [1.82, 2.24) is 9.88 Å². The molecule has 0 saturated heterocycles. The summed E-state index contributed by atoms with van der Waals surface area (Å²) >= 11 is 0. The number of hydrogen-bond acceptors (Lipinski definition) is 2.